The van der Waals surface area contributed by atoms with Gasteiger partial charge in [-0.1, -0.05) is 17.2 Å². The molecule has 2 heterocycles. The molecule has 1 aromatic rings. The van der Waals surface area contributed by atoms with Crippen molar-refractivity contribution in [3.05, 3.63) is 34.9 Å². The van der Waals surface area contributed by atoms with E-state index in [0.29, 0.717) is 11.3 Å². The van der Waals surface area contributed by atoms with E-state index in [1.807, 2.05) is 23.9 Å². The van der Waals surface area contributed by atoms with Crippen molar-refractivity contribution in [1.29, 1.82) is 0 Å². The van der Waals surface area contributed by atoms with Gasteiger partial charge in [0.15, 0.2) is 0 Å². The molecule has 0 spiro atoms. The van der Waals surface area contributed by atoms with Crippen molar-refractivity contribution in [2.45, 2.75) is 31.6 Å². The van der Waals surface area contributed by atoms with Gasteiger partial charge in [-0.05, 0) is 32.4 Å². The molecule has 0 aromatic heterocycles. The highest BCUT2D eigenvalue weighted by Crippen LogP contribution is 2.38. The Hall–Kier alpha value is -0.960. The summed E-state index contributed by atoms with van der Waals surface area (Å²) in [4.78, 5) is 14.5. The van der Waals surface area contributed by atoms with Gasteiger partial charge in [-0.15, -0.1) is 0 Å². The number of hydrogen-bond donors (Lipinski definition) is 0. The number of carbonyl (C=O) groups is 1. The van der Waals surface area contributed by atoms with Crippen molar-refractivity contribution in [1.82, 2.24) is 4.90 Å². The van der Waals surface area contributed by atoms with E-state index in [4.69, 9.17) is 0 Å². The molecule has 0 saturated carbocycles. The zero-order valence-corrected chi connectivity index (χ0v) is 11.1. The van der Waals surface area contributed by atoms with Gasteiger partial charge >= 0.3 is 0 Å². The van der Waals surface area contributed by atoms with Gasteiger partial charge in [0.2, 0.25) is 0 Å². The Balaban J connectivity index is 1.86. The molecule has 1 amide bonds. The van der Waals surface area contributed by atoms with E-state index in [-0.39, 0.29) is 5.91 Å². The first-order chi connectivity index (χ1) is 8.13. The van der Waals surface area contributed by atoms with Crippen molar-refractivity contribution in [2.24, 2.45) is 0 Å². The monoisotopic (exact) mass is 247 g/mol. The number of rotatable bonds is 1. The first kappa shape index (κ1) is 11.1. The van der Waals surface area contributed by atoms with Crippen LogP contribution in [0.3, 0.4) is 0 Å². The number of benzene rings is 1. The molecule has 2 aliphatic heterocycles. The third kappa shape index (κ3) is 1.97. The van der Waals surface area contributed by atoms with Crippen LogP contribution in [0.15, 0.2) is 18.2 Å². The van der Waals surface area contributed by atoms with Crippen molar-refractivity contribution in [3.8, 4) is 0 Å². The molecular formula is C14H17NOS. The predicted molar refractivity (Wildman–Crippen MR) is 71.6 cm³/mol. The summed E-state index contributed by atoms with van der Waals surface area (Å²) in [6.45, 7) is 5.05. The van der Waals surface area contributed by atoms with E-state index in [1.54, 1.807) is 0 Å². The maximum absolute atomic E-state index is 12.5. The molecule has 90 valence electrons. The second kappa shape index (κ2) is 4.05. The molecule has 2 bridgehead atoms. The van der Waals surface area contributed by atoms with Crippen LogP contribution in [-0.2, 0) is 0 Å². The zero-order valence-electron chi connectivity index (χ0n) is 10.3. The van der Waals surface area contributed by atoms with Gasteiger partial charge in [-0.25, -0.2) is 0 Å². The lowest BCUT2D eigenvalue weighted by Gasteiger charge is -2.27. The van der Waals surface area contributed by atoms with Crippen LogP contribution in [0.4, 0.5) is 0 Å². The Bertz CT molecular complexity index is 451. The number of aryl methyl sites for hydroxylation is 2. The first-order valence-corrected chi connectivity index (χ1v) is 7.19. The molecule has 0 aliphatic carbocycles. The van der Waals surface area contributed by atoms with Gasteiger partial charge in [-0.2, -0.15) is 11.8 Å². The fourth-order valence-corrected chi connectivity index (χ4v) is 4.35. The number of hydrogen-bond acceptors (Lipinski definition) is 2. The zero-order chi connectivity index (χ0) is 12.0. The highest BCUT2D eigenvalue weighted by atomic mass is 32.2. The van der Waals surface area contributed by atoms with Gasteiger partial charge < -0.3 is 4.90 Å². The van der Waals surface area contributed by atoms with Crippen LogP contribution in [0.25, 0.3) is 0 Å². The summed E-state index contributed by atoms with van der Waals surface area (Å²) in [6, 6.07) is 6.62. The number of thioether (sulfide) groups is 1. The summed E-state index contributed by atoms with van der Waals surface area (Å²) in [7, 11) is 0. The normalized spacial score (nSPS) is 26.6. The molecule has 2 nitrogen and oxygen atoms in total. The molecule has 3 rings (SSSR count). The lowest BCUT2D eigenvalue weighted by molar-refractivity contribution is 0.0747. The summed E-state index contributed by atoms with van der Waals surface area (Å²) in [5.41, 5.74) is 3.21. The van der Waals surface area contributed by atoms with E-state index in [0.717, 1.165) is 17.9 Å². The van der Waals surface area contributed by atoms with Gasteiger partial charge in [0.25, 0.3) is 5.91 Å². The second-order valence-electron chi connectivity index (χ2n) is 5.18. The van der Waals surface area contributed by atoms with Crippen LogP contribution in [-0.4, -0.2) is 34.4 Å². The van der Waals surface area contributed by atoms with Crippen LogP contribution < -0.4 is 0 Å². The van der Waals surface area contributed by atoms with Gasteiger partial charge in [0, 0.05) is 29.2 Å². The molecule has 2 atom stereocenters. The van der Waals surface area contributed by atoms with Crippen molar-refractivity contribution in [2.75, 3.05) is 12.3 Å². The molecule has 2 aliphatic rings. The standard InChI is InChI=1S/C14H17NOS/c1-9-3-10(2)5-11(4-9)14(16)15-7-13-6-12(15)8-17-13/h3-5,12-13H,6-8H2,1-2H3. The van der Waals surface area contributed by atoms with Crippen molar-refractivity contribution in [3.63, 3.8) is 0 Å². The summed E-state index contributed by atoms with van der Waals surface area (Å²) >= 11 is 2.02. The lowest BCUT2D eigenvalue weighted by atomic mass is 10.1. The number of likely N-dealkylation sites (tertiary alicyclic amines) is 1. The molecule has 3 heteroatoms. The molecule has 2 saturated heterocycles. The highest BCUT2D eigenvalue weighted by Gasteiger charge is 2.41. The van der Waals surface area contributed by atoms with E-state index in [2.05, 4.69) is 24.8 Å². The fourth-order valence-electron chi connectivity index (χ4n) is 2.91. The van der Waals surface area contributed by atoms with Crippen LogP contribution in [0, 0.1) is 13.8 Å². The second-order valence-corrected chi connectivity index (χ2v) is 6.51. The number of amides is 1. The summed E-state index contributed by atoms with van der Waals surface area (Å²) in [6.07, 6.45) is 1.20. The van der Waals surface area contributed by atoms with Crippen molar-refractivity contribution < 1.29 is 4.79 Å². The van der Waals surface area contributed by atoms with E-state index in [9.17, 15) is 4.79 Å². The lowest BCUT2D eigenvalue weighted by Crippen LogP contribution is -2.39. The average molecular weight is 247 g/mol. The molecule has 2 unspecified atom stereocenters. The Morgan fingerprint density at radius 3 is 2.53 bits per heavy atom. The molecule has 17 heavy (non-hydrogen) atoms. The average Bonchev–Trinajstić information content (AvgIpc) is 2.88. The maximum atomic E-state index is 12.5. The summed E-state index contributed by atoms with van der Waals surface area (Å²) < 4.78 is 0. The van der Waals surface area contributed by atoms with Gasteiger partial charge in [-0.3, -0.25) is 4.79 Å². The van der Waals surface area contributed by atoms with Crippen LogP contribution in [0.1, 0.15) is 27.9 Å². The smallest absolute Gasteiger partial charge is 0.254 e. The third-order valence-electron chi connectivity index (χ3n) is 3.63. The Morgan fingerprint density at radius 2 is 2.00 bits per heavy atom. The number of fused-ring (bicyclic) bond motifs is 2. The molecule has 0 N–H and O–H groups in total. The molecular weight excluding hydrogens is 230 g/mol. The third-order valence-corrected chi connectivity index (χ3v) is 5.02. The largest absolute Gasteiger partial charge is 0.334 e. The minimum atomic E-state index is 0.226. The van der Waals surface area contributed by atoms with Crippen molar-refractivity contribution >= 4 is 17.7 Å². The SMILES string of the molecule is Cc1cc(C)cc(C(=O)N2CC3CC2CS3)c1. The fraction of sp³-hybridized carbons (Fsp3) is 0.500. The Labute approximate surface area is 106 Å². The Kier molecular flexibility index (Phi) is 2.66. The van der Waals surface area contributed by atoms with E-state index in [1.165, 1.54) is 17.5 Å². The first-order valence-electron chi connectivity index (χ1n) is 6.14. The maximum Gasteiger partial charge on any atom is 0.254 e. The minimum absolute atomic E-state index is 0.226. The molecule has 2 fully saturated rings. The van der Waals surface area contributed by atoms with Crippen LogP contribution in [0.2, 0.25) is 0 Å². The highest BCUT2D eigenvalue weighted by molar-refractivity contribution is 8.00. The van der Waals surface area contributed by atoms with Gasteiger partial charge in [0.1, 0.15) is 0 Å². The van der Waals surface area contributed by atoms with Crippen LogP contribution in [0.5, 0.6) is 0 Å². The predicted octanol–water partition coefficient (Wildman–Crippen LogP) is 2.63. The number of nitrogens with zero attached hydrogens (tertiary/aromatic N) is 1. The van der Waals surface area contributed by atoms with E-state index >= 15 is 0 Å². The summed E-state index contributed by atoms with van der Waals surface area (Å²) in [5, 5.41) is 0.690. The summed E-state index contributed by atoms with van der Waals surface area (Å²) in [5.74, 6) is 1.35. The van der Waals surface area contributed by atoms with Crippen LogP contribution >= 0.6 is 11.8 Å². The quantitative estimate of drug-likeness (QED) is 0.760. The topological polar surface area (TPSA) is 20.3 Å². The van der Waals surface area contributed by atoms with E-state index < -0.39 is 0 Å². The molecule has 0 radical (unpaired) electrons. The molecule has 1 aromatic carbocycles. The van der Waals surface area contributed by atoms with Gasteiger partial charge in [0.05, 0.1) is 0 Å². The number of carbonyl (C=O) groups excluding carboxylic acids is 1. The Morgan fingerprint density at radius 1 is 1.29 bits per heavy atom. The minimum Gasteiger partial charge on any atom is -0.334 e.